The summed E-state index contributed by atoms with van der Waals surface area (Å²) in [6, 6.07) is 0.359. The van der Waals surface area contributed by atoms with Crippen LogP contribution in [-0.2, 0) is 19.5 Å². The Bertz CT molecular complexity index is 573. The molecule has 2 aliphatic heterocycles. The highest BCUT2D eigenvalue weighted by atomic mass is 32.2. The maximum Gasteiger partial charge on any atom is 0.213 e. The molecule has 2 rings (SSSR count). The monoisotopic (exact) mass is 433 g/mol. The molecular weight excluding hydrogens is 394 g/mol. The third kappa shape index (κ3) is 10.1. The number of aliphatic imine (C=N–C) groups is 1. The Hall–Kier alpha value is -0.940. The Morgan fingerprint density at radius 3 is 2.69 bits per heavy atom. The van der Waals surface area contributed by atoms with Crippen molar-refractivity contribution in [3.05, 3.63) is 0 Å². The van der Waals surface area contributed by atoms with Crippen molar-refractivity contribution < 1.29 is 17.9 Å². The number of hydrogen-bond donors (Lipinski definition) is 3. The van der Waals surface area contributed by atoms with E-state index < -0.39 is 10.0 Å². The molecule has 170 valence electrons. The topological polar surface area (TPSA) is 104 Å². The fourth-order valence-corrected chi connectivity index (χ4v) is 4.64. The second kappa shape index (κ2) is 13.4. The molecule has 3 N–H and O–H groups in total. The molecule has 0 spiro atoms. The van der Waals surface area contributed by atoms with Crippen LogP contribution in [0.2, 0.25) is 0 Å². The molecule has 2 saturated heterocycles. The Morgan fingerprint density at radius 1 is 1.24 bits per heavy atom. The molecule has 2 aliphatic rings. The number of piperidine rings is 1. The fraction of sp³-hybridized carbons (Fsp3) is 0.947. The van der Waals surface area contributed by atoms with E-state index in [2.05, 4.69) is 25.2 Å². The Kier molecular flexibility index (Phi) is 11.2. The molecule has 0 aromatic heterocycles. The van der Waals surface area contributed by atoms with Gasteiger partial charge in [0.25, 0.3) is 0 Å². The Labute approximate surface area is 176 Å². The summed E-state index contributed by atoms with van der Waals surface area (Å²) >= 11 is 0. The first kappa shape index (κ1) is 24.3. The predicted molar refractivity (Wildman–Crippen MR) is 116 cm³/mol. The van der Waals surface area contributed by atoms with Crippen molar-refractivity contribution in [2.45, 2.75) is 50.7 Å². The first-order valence-corrected chi connectivity index (χ1v) is 12.4. The highest BCUT2D eigenvalue weighted by molar-refractivity contribution is 7.89. The molecule has 29 heavy (non-hydrogen) atoms. The van der Waals surface area contributed by atoms with E-state index in [1.165, 1.54) is 0 Å². The van der Waals surface area contributed by atoms with E-state index in [0.717, 1.165) is 71.4 Å². The first-order chi connectivity index (χ1) is 14.0. The quantitative estimate of drug-likeness (QED) is 0.242. The molecule has 2 fully saturated rings. The average molecular weight is 434 g/mol. The largest absolute Gasteiger partial charge is 0.385 e. The minimum Gasteiger partial charge on any atom is -0.385 e. The van der Waals surface area contributed by atoms with Crippen LogP contribution >= 0.6 is 0 Å². The number of hydrogen-bond acceptors (Lipinski definition) is 6. The lowest BCUT2D eigenvalue weighted by Crippen LogP contribution is -2.49. The molecule has 0 radical (unpaired) electrons. The van der Waals surface area contributed by atoms with Gasteiger partial charge in [-0.1, -0.05) is 0 Å². The van der Waals surface area contributed by atoms with Crippen LogP contribution in [0.5, 0.6) is 0 Å². The lowest BCUT2D eigenvalue weighted by Gasteiger charge is -2.33. The van der Waals surface area contributed by atoms with Crippen molar-refractivity contribution in [3.8, 4) is 0 Å². The molecule has 0 aromatic rings. The van der Waals surface area contributed by atoms with Gasteiger partial charge < -0.3 is 25.0 Å². The summed E-state index contributed by atoms with van der Waals surface area (Å²) < 4.78 is 37.7. The molecule has 10 heteroatoms. The molecule has 1 unspecified atom stereocenters. The maximum absolute atomic E-state index is 12.2. The summed E-state index contributed by atoms with van der Waals surface area (Å²) in [5.74, 6) is 0.673. The van der Waals surface area contributed by atoms with Gasteiger partial charge in [-0.2, -0.15) is 0 Å². The van der Waals surface area contributed by atoms with E-state index in [1.807, 2.05) is 0 Å². The van der Waals surface area contributed by atoms with Crippen LogP contribution < -0.4 is 15.4 Å². The van der Waals surface area contributed by atoms with Gasteiger partial charge in [-0.05, 0) is 38.5 Å². The third-order valence-electron chi connectivity index (χ3n) is 5.44. The SMILES string of the molecule is CN=C(NCCS(=O)(=O)NCC1CCCCO1)NC1CCN(CCCOC)CC1. The van der Waals surface area contributed by atoms with Crippen LogP contribution in [0.1, 0.15) is 38.5 Å². The maximum atomic E-state index is 12.2. The van der Waals surface area contributed by atoms with E-state index in [-0.39, 0.29) is 11.9 Å². The minimum atomic E-state index is -3.33. The third-order valence-corrected chi connectivity index (χ3v) is 6.79. The van der Waals surface area contributed by atoms with E-state index in [9.17, 15) is 8.42 Å². The van der Waals surface area contributed by atoms with Crippen LogP contribution in [0.25, 0.3) is 0 Å². The number of sulfonamides is 1. The minimum absolute atomic E-state index is 0.00119. The van der Waals surface area contributed by atoms with Crippen molar-refractivity contribution >= 4 is 16.0 Å². The number of guanidine groups is 1. The molecule has 0 aliphatic carbocycles. The number of nitrogens with one attached hydrogen (secondary N) is 3. The van der Waals surface area contributed by atoms with Crippen LogP contribution in [0.4, 0.5) is 0 Å². The van der Waals surface area contributed by atoms with E-state index in [1.54, 1.807) is 14.2 Å². The van der Waals surface area contributed by atoms with E-state index in [4.69, 9.17) is 9.47 Å². The summed E-state index contributed by atoms with van der Waals surface area (Å²) in [6.07, 6.45) is 6.24. The van der Waals surface area contributed by atoms with Crippen LogP contribution in [0.3, 0.4) is 0 Å². The molecule has 9 nitrogen and oxygen atoms in total. The zero-order valence-corrected chi connectivity index (χ0v) is 18.8. The molecule has 2 heterocycles. The van der Waals surface area contributed by atoms with Crippen LogP contribution in [-0.4, -0.2) is 97.3 Å². The predicted octanol–water partition coefficient (Wildman–Crippen LogP) is 0.141. The van der Waals surface area contributed by atoms with E-state index >= 15 is 0 Å². The molecule has 0 aromatic carbocycles. The van der Waals surface area contributed by atoms with Gasteiger partial charge in [0.15, 0.2) is 5.96 Å². The van der Waals surface area contributed by atoms with Gasteiger partial charge in [0, 0.05) is 66.1 Å². The lowest BCUT2D eigenvalue weighted by atomic mass is 10.1. The smallest absolute Gasteiger partial charge is 0.213 e. The van der Waals surface area contributed by atoms with Crippen molar-refractivity contribution in [1.29, 1.82) is 0 Å². The van der Waals surface area contributed by atoms with Crippen LogP contribution in [0.15, 0.2) is 4.99 Å². The lowest BCUT2D eigenvalue weighted by molar-refractivity contribution is 0.0200. The summed E-state index contributed by atoms with van der Waals surface area (Å²) in [4.78, 5) is 6.69. The zero-order valence-electron chi connectivity index (χ0n) is 18.0. The summed E-state index contributed by atoms with van der Waals surface area (Å²) in [5, 5.41) is 6.54. The molecule has 0 amide bonds. The summed E-state index contributed by atoms with van der Waals surface area (Å²) in [6.45, 7) is 5.39. The molecule has 0 saturated carbocycles. The van der Waals surface area contributed by atoms with Crippen molar-refractivity contribution in [2.24, 2.45) is 4.99 Å². The van der Waals surface area contributed by atoms with Gasteiger partial charge in [-0.25, -0.2) is 13.1 Å². The Balaban J connectivity index is 1.61. The number of nitrogens with zero attached hydrogens (tertiary/aromatic N) is 2. The fourth-order valence-electron chi connectivity index (χ4n) is 3.69. The van der Waals surface area contributed by atoms with Crippen LogP contribution in [0, 0.1) is 0 Å². The summed E-state index contributed by atoms with van der Waals surface area (Å²) in [7, 11) is 0.120. The number of methoxy groups -OCH3 is 1. The average Bonchev–Trinajstić information content (AvgIpc) is 2.73. The number of ether oxygens (including phenoxy) is 2. The Morgan fingerprint density at radius 2 is 2.03 bits per heavy atom. The zero-order chi connectivity index (χ0) is 21.0. The second-order valence-corrected chi connectivity index (χ2v) is 9.69. The summed E-state index contributed by atoms with van der Waals surface area (Å²) in [5.41, 5.74) is 0. The van der Waals surface area contributed by atoms with Gasteiger partial charge in [0.05, 0.1) is 11.9 Å². The second-order valence-electron chi connectivity index (χ2n) is 7.76. The van der Waals surface area contributed by atoms with Crippen molar-refractivity contribution in [1.82, 2.24) is 20.3 Å². The van der Waals surface area contributed by atoms with Gasteiger partial charge in [0.2, 0.25) is 10.0 Å². The first-order valence-electron chi connectivity index (χ1n) is 10.8. The number of likely N-dealkylation sites (tertiary alicyclic amines) is 1. The van der Waals surface area contributed by atoms with Crippen molar-refractivity contribution in [3.63, 3.8) is 0 Å². The number of rotatable bonds is 11. The normalized spacial score (nSPS) is 22.6. The van der Waals surface area contributed by atoms with Gasteiger partial charge in [-0.3, -0.25) is 4.99 Å². The molecular formula is C19H39N5O4S. The standard InChI is InChI=1S/C19H39N5O4S/c1-20-19(23-17-7-11-24(12-8-17)10-5-13-27-2)21-9-15-29(25,26)22-16-18-6-3-4-14-28-18/h17-18,22H,3-16H2,1-2H3,(H2,20,21,23). The molecule has 0 bridgehead atoms. The van der Waals surface area contributed by atoms with Gasteiger partial charge >= 0.3 is 0 Å². The van der Waals surface area contributed by atoms with Gasteiger partial charge in [-0.15, -0.1) is 0 Å². The van der Waals surface area contributed by atoms with E-state index in [0.29, 0.717) is 25.1 Å². The molecule has 1 atom stereocenters. The highest BCUT2D eigenvalue weighted by Crippen LogP contribution is 2.12. The van der Waals surface area contributed by atoms with Crippen molar-refractivity contribution in [2.75, 3.05) is 65.8 Å². The van der Waals surface area contributed by atoms with Gasteiger partial charge in [0.1, 0.15) is 0 Å². The highest BCUT2D eigenvalue weighted by Gasteiger charge is 2.20.